The molecule has 1 aromatic heterocycles. The van der Waals surface area contributed by atoms with E-state index in [9.17, 15) is 9.59 Å². The number of ether oxygens (including phenoxy) is 1. The second-order valence-electron chi connectivity index (χ2n) is 4.29. The summed E-state index contributed by atoms with van der Waals surface area (Å²) in [6, 6.07) is 3.81. The minimum Gasteiger partial charge on any atom is -0.464 e. The number of aromatic nitrogens is 1. The largest absolute Gasteiger partial charge is 0.464 e. The van der Waals surface area contributed by atoms with E-state index in [0.717, 1.165) is 5.56 Å². The zero-order valence-corrected chi connectivity index (χ0v) is 11.7. The molecule has 1 aliphatic heterocycles. The van der Waals surface area contributed by atoms with Crippen LogP contribution in [0.1, 0.15) is 24.8 Å². The molecule has 1 amide bonds. The highest BCUT2D eigenvalue weighted by Gasteiger charge is 2.38. The maximum atomic E-state index is 12.1. The van der Waals surface area contributed by atoms with Gasteiger partial charge < -0.3 is 9.64 Å². The standard InChI is InChI=1S/C13H16N2O3S/c1-9-12(17)15(6-7-18-10(2)16)13(19-9)11-4-3-5-14-8-11/h3-5,8-9,13H,6-7H2,1-2H3. The third kappa shape index (κ3) is 3.26. The van der Waals surface area contributed by atoms with Gasteiger partial charge in [0, 0.05) is 24.9 Å². The van der Waals surface area contributed by atoms with Crippen LogP contribution >= 0.6 is 11.8 Å². The second kappa shape index (κ2) is 6.06. The Morgan fingerprint density at radius 3 is 3.00 bits per heavy atom. The van der Waals surface area contributed by atoms with Crippen LogP contribution in [0.4, 0.5) is 0 Å². The molecule has 6 heteroatoms. The van der Waals surface area contributed by atoms with Gasteiger partial charge in [0.1, 0.15) is 12.0 Å². The molecule has 19 heavy (non-hydrogen) atoms. The highest BCUT2D eigenvalue weighted by atomic mass is 32.2. The molecule has 2 rings (SSSR count). The summed E-state index contributed by atoms with van der Waals surface area (Å²) < 4.78 is 4.91. The zero-order valence-electron chi connectivity index (χ0n) is 10.9. The minimum absolute atomic E-state index is 0.0493. The van der Waals surface area contributed by atoms with Crippen LogP contribution in [0.2, 0.25) is 0 Å². The summed E-state index contributed by atoms with van der Waals surface area (Å²) in [6.45, 7) is 3.89. The number of rotatable bonds is 4. The first-order valence-corrected chi connectivity index (χ1v) is 7.03. The van der Waals surface area contributed by atoms with Gasteiger partial charge in [-0.15, -0.1) is 11.8 Å². The summed E-state index contributed by atoms with van der Waals surface area (Å²) in [5.74, 6) is -0.253. The van der Waals surface area contributed by atoms with Crippen molar-refractivity contribution in [3.63, 3.8) is 0 Å². The van der Waals surface area contributed by atoms with Crippen molar-refractivity contribution in [2.75, 3.05) is 13.2 Å². The molecule has 1 aliphatic rings. The molecule has 2 atom stereocenters. The topological polar surface area (TPSA) is 59.5 Å². The fourth-order valence-corrected chi connectivity index (χ4v) is 3.26. The van der Waals surface area contributed by atoms with Gasteiger partial charge >= 0.3 is 5.97 Å². The Balaban J connectivity index is 2.08. The van der Waals surface area contributed by atoms with Crippen LogP contribution in [0.25, 0.3) is 0 Å². The lowest BCUT2D eigenvalue weighted by Gasteiger charge is -2.23. The molecule has 0 spiro atoms. The number of nitrogens with zero attached hydrogens (tertiary/aromatic N) is 2. The lowest BCUT2D eigenvalue weighted by Crippen LogP contribution is -2.33. The summed E-state index contributed by atoms with van der Waals surface area (Å²) >= 11 is 1.59. The fraction of sp³-hybridized carbons (Fsp3) is 0.462. The molecular formula is C13H16N2O3S. The van der Waals surface area contributed by atoms with Gasteiger partial charge in [-0.3, -0.25) is 14.6 Å². The molecule has 1 aromatic rings. The first-order valence-electron chi connectivity index (χ1n) is 6.09. The van der Waals surface area contributed by atoms with Crippen LogP contribution in [-0.2, 0) is 14.3 Å². The summed E-state index contributed by atoms with van der Waals surface area (Å²) in [5, 5.41) is -0.130. The van der Waals surface area contributed by atoms with Crippen molar-refractivity contribution in [1.82, 2.24) is 9.88 Å². The number of hydrogen-bond acceptors (Lipinski definition) is 5. The van der Waals surface area contributed by atoms with Gasteiger partial charge in [-0.1, -0.05) is 6.07 Å². The molecule has 0 bridgehead atoms. The van der Waals surface area contributed by atoms with Gasteiger partial charge in [-0.25, -0.2) is 0 Å². The summed E-state index contributed by atoms with van der Waals surface area (Å²) in [4.78, 5) is 28.7. The highest BCUT2D eigenvalue weighted by molar-refractivity contribution is 8.01. The van der Waals surface area contributed by atoms with E-state index in [0.29, 0.717) is 6.54 Å². The van der Waals surface area contributed by atoms with Gasteiger partial charge in [0.15, 0.2) is 0 Å². The molecule has 0 radical (unpaired) electrons. The quantitative estimate of drug-likeness (QED) is 0.784. The predicted octanol–water partition coefficient (Wildman–Crippen LogP) is 1.61. The third-order valence-corrected chi connectivity index (χ3v) is 4.25. The van der Waals surface area contributed by atoms with Gasteiger partial charge in [0.05, 0.1) is 11.8 Å². The van der Waals surface area contributed by atoms with Crippen molar-refractivity contribution in [3.8, 4) is 0 Å². The van der Waals surface area contributed by atoms with E-state index in [1.165, 1.54) is 6.92 Å². The van der Waals surface area contributed by atoms with Crippen molar-refractivity contribution >= 4 is 23.6 Å². The number of esters is 1. The first kappa shape index (κ1) is 13.9. The highest BCUT2D eigenvalue weighted by Crippen LogP contribution is 2.42. The minimum atomic E-state index is -0.328. The molecule has 2 heterocycles. The van der Waals surface area contributed by atoms with Crippen molar-refractivity contribution in [2.24, 2.45) is 0 Å². The number of thioether (sulfide) groups is 1. The molecular weight excluding hydrogens is 264 g/mol. The Kier molecular flexibility index (Phi) is 4.42. The van der Waals surface area contributed by atoms with E-state index >= 15 is 0 Å². The average molecular weight is 280 g/mol. The van der Waals surface area contributed by atoms with Crippen LogP contribution in [0, 0.1) is 0 Å². The Morgan fingerprint density at radius 1 is 1.58 bits per heavy atom. The molecule has 0 saturated carbocycles. The van der Waals surface area contributed by atoms with E-state index < -0.39 is 0 Å². The number of pyridine rings is 1. The third-order valence-electron chi connectivity index (χ3n) is 2.85. The van der Waals surface area contributed by atoms with E-state index in [1.807, 2.05) is 19.1 Å². The molecule has 0 aliphatic carbocycles. The second-order valence-corrected chi connectivity index (χ2v) is 5.71. The molecule has 5 nitrogen and oxygen atoms in total. The Hall–Kier alpha value is -1.56. The number of carbonyl (C=O) groups excluding carboxylic acids is 2. The Bertz CT molecular complexity index is 466. The van der Waals surface area contributed by atoms with Crippen molar-refractivity contribution in [1.29, 1.82) is 0 Å². The predicted molar refractivity (Wildman–Crippen MR) is 72.4 cm³/mol. The van der Waals surface area contributed by atoms with Crippen LogP contribution in [-0.4, -0.2) is 40.2 Å². The van der Waals surface area contributed by atoms with Crippen molar-refractivity contribution in [2.45, 2.75) is 24.5 Å². The maximum absolute atomic E-state index is 12.1. The maximum Gasteiger partial charge on any atom is 0.302 e. The molecule has 0 aromatic carbocycles. The van der Waals surface area contributed by atoms with E-state index in [4.69, 9.17) is 4.74 Å². The molecule has 102 valence electrons. The molecule has 2 unspecified atom stereocenters. The lowest BCUT2D eigenvalue weighted by atomic mass is 10.2. The first-order chi connectivity index (χ1) is 9.09. The Morgan fingerprint density at radius 2 is 2.37 bits per heavy atom. The molecule has 1 fully saturated rings. The summed E-state index contributed by atoms with van der Waals surface area (Å²) in [6.07, 6.45) is 3.47. The smallest absolute Gasteiger partial charge is 0.302 e. The normalized spacial score (nSPS) is 22.6. The number of hydrogen-bond donors (Lipinski definition) is 0. The Labute approximate surface area is 116 Å². The van der Waals surface area contributed by atoms with Gasteiger partial charge in [0.25, 0.3) is 0 Å². The zero-order chi connectivity index (χ0) is 13.8. The van der Waals surface area contributed by atoms with Crippen molar-refractivity contribution in [3.05, 3.63) is 30.1 Å². The van der Waals surface area contributed by atoms with Crippen LogP contribution in [0.3, 0.4) is 0 Å². The van der Waals surface area contributed by atoms with Gasteiger partial charge in [-0.2, -0.15) is 0 Å². The number of carbonyl (C=O) groups is 2. The summed E-state index contributed by atoms with van der Waals surface area (Å²) in [7, 11) is 0. The SMILES string of the molecule is CC(=O)OCCN1C(=O)C(C)SC1c1cccnc1. The van der Waals surface area contributed by atoms with Gasteiger partial charge in [-0.05, 0) is 13.0 Å². The molecule has 1 saturated heterocycles. The van der Waals surface area contributed by atoms with Gasteiger partial charge in [0.2, 0.25) is 5.91 Å². The lowest BCUT2D eigenvalue weighted by molar-refractivity contribution is -0.143. The van der Waals surface area contributed by atoms with Crippen molar-refractivity contribution < 1.29 is 14.3 Å². The van der Waals surface area contributed by atoms with E-state index in [1.54, 1.807) is 29.1 Å². The van der Waals surface area contributed by atoms with E-state index in [-0.39, 0.29) is 29.1 Å². The van der Waals surface area contributed by atoms with Crippen LogP contribution in [0.15, 0.2) is 24.5 Å². The van der Waals surface area contributed by atoms with E-state index in [2.05, 4.69) is 4.98 Å². The summed E-state index contributed by atoms with van der Waals surface area (Å²) in [5.41, 5.74) is 0.994. The number of amides is 1. The van der Waals surface area contributed by atoms with Crippen LogP contribution < -0.4 is 0 Å². The monoisotopic (exact) mass is 280 g/mol. The molecule has 0 N–H and O–H groups in total. The average Bonchev–Trinajstić information content (AvgIpc) is 2.68. The van der Waals surface area contributed by atoms with Crippen LogP contribution in [0.5, 0.6) is 0 Å². The fourth-order valence-electron chi connectivity index (χ4n) is 1.97.